The highest BCUT2D eigenvalue weighted by Crippen LogP contribution is 2.08. The van der Waals surface area contributed by atoms with Crippen molar-refractivity contribution in [3.63, 3.8) is 0 Å². The van der Waals surface area contributed by atoms with Gasteiger partial charge in [0, 0.05) is 0 Å². The largest absolute Gasteiger partial charge is 0.259 e. The van der Waals surface area contributed by atoms with Crippen molar-refractivity contribution >= 4 is 0 Å². The van der Waals surface area contributed by atoms with Crippen molar-refractivity contribution in [2.24, 2.45) is 5.92 Å². The number of nitro groups is 1. The summed E-state index contributed by atoms with van der Waals surface area (Å²) >= 11 is 0. The standard InChI is InChI=1S/C11H13NO2/c1-10(7-8-12(13)14)9-11-5-3-2-4-6-11/h2-8,10H,9H2,1H3/b8-7+. The lowest BCUT2D eigenvalue weighted by Gasteiger charge is -2.03. The Morgan fingerprint density at radius 1 is 1.43 bits per heavy atom. The number of rotatable bonds is 4. The van der Waals surface area contributed by atoms with E-state index in [1.807, 2.05) is 37.3 Å². The maximum Gasteiger partial charge on any atom is 0.230 e. The summed E-state index contributed by atoms with van der Waals surface area (Å²) in [5, 5.41) is 10.1. The van der Waals surface area contributed by atoms with E-state index in [4.69, 9.17) is 0 Å². The average molecular weight is 191 g/mol. The van der Waals surface area contributed by atoms with Gasteiger partial charge in [-0.15, -0.1) is 0 Å². The van der Waals surface area contributed by atoms with Gasteiger partial charge < -0.3 is 0 Å². The van der Waals surface area contributed by atoms with Crippen LogP contribution < -0.4 is 0 Å². The van der Waals surface area contributed by atoms with Gasteiger partial charge in [0.1, 0.15) is 0 Å². The Labute approximate surface area is 83.2 Å². The number of nitrogens with zero attached hydrogens (tertiary/aromatic N) is 1. The summed E-state index contributed by atoms with van der Waals surface area (Å²) < 4.78 is 0. The lowest BCUT2D eigenvalue weighted by molar-refractivity contribution is -0.402. The minimum absolute atomic E-state index is 0.197. The Balaban J connectivity index is 2.49. The maximum atomic E-state index is 10.1. The van der Waals surface area contributed by atoms with Crippen LogP contribution in [-0.4, -0.2) is 4.92 Å². The fourth-order valence-electron chi connectivity index (χ4n) is 1.27. The molecule has 0 aromatic heterocycles. The van der Waals surface area contributed by atoms with E-state index in [1.165, 1.54) is 5.56 Å². The average Bonchev–Trinajstić information content (AvgIpc) is 2.16. The van der Waals surface area contributed by atoms with Crippen molar-refractivity contribution < 1.29 is 4.92 Å². The topological polar surface area (TPSA) is 43.1 Å². The zero-order valence-electron chi connectivity index (χ0n) is 8.09. The van der Waals surface area contributed by atoms with Gasteiger partial charge in [-0.05, 0) is 24.0 Å². The molecule has 0 fully saturated rings. The summed E-state index contributed by atoms with van der Waals surface area (Å²) in [6.07, 6.45) is 3.46. The second kappa shape index (κ2) is 5.17. The molecule has 0 saturated carbocycles. The van der Waals surface area contributed by atoms with E-state index in [0.717, 1.165) is 12.6 Å². The molecule has 0 spiro atoms. The molecule has 0 aliphatic heterocycles. The van der Waals surface area contributed by atoms with E-state index < -0.39 is 4.92 Å². The first-order chi connectivity index (χ1) is 6.68. The molecule has 0 aliphatic carbocycles. The van der Waals surface area contributed by atoms with Crippen LogP contribution in [-0.2, 0) is 6.42 Å². The van der Waals surface area contributed by atoms with Gasteiger partial charge in [0.05, 0.1) is 4.92 Å². The molecule has 1 rings (SSSR count). The third kappa shape index (κ3) is 3.85. The Morgan fingerprint density at radius 3 is 2.64 bits per heavy atom. The summed E-state index contributed by atoms with van der Waals surface area (Å²) in [5.41, 5.74) is 1.20. The molecule has 0 N–H and O–H groups in total. The van der Waals surface area contributed by atoms with E-state index in [9.17, 15) is 10.1 Å². The quantitative estimate of drug-likeness (QED) is 0.542. The first kappa shape index (κ1) is 10.4. The zero-order valence-corrected chi connectivity index (χ0v) is 8.09. The Kier molecular flexibility index (Phi) is 3.85. The van der Waals surface area contributed by atoms with E-state index in [-0.39, 0.29) is 5.92 Å². The molecule has 1 unspecified atom stereocenters. The van der Waals surface area contributed by atoms with Crippen LogP contribution >= 0.6 is 0 Å². The summed E-state index contributed by atoms with van der Waals surface area (Å²) in [4.78, 5) is 9.65. The van der Waals surface area contributed by atoms with Crippen molar-refractivity contribution in [2.45, 2.75) is 13.3 Å². The lowest BCUT2D eigenvalue weighted by Crippen LogP contribution is -1.96. The van der Waals surface area contributed by atoms with Gasteiger partial charge >= 0.3 is 0 Å². The van der Waals surface area contributed by atoms with Crippen molar-refractivity contribution in [3.05, 3.63) is 58.3 Å². The molecule has 0 radical (unpaired) electrons. The van der Waals surface area contributed by atoms with Gasteiger partial charge in [-0.2, -0.15) is 0 Å². The second-order valence-electron chi connectivity index (χ2n) is 3.29. The Hall–Kier alpha value is -1.64. The molecule has 74 valence electrons. The summed E-state index contributed by atoms with van der Waals surface area (Å²) in [5.74, 6) is 0.197. The number of hydrogen-bond acceptors (Lipinski definition) is 2. The summed E-state index contributed by atoms with van der Waals surface area (Å²) in [7, 11) is 0. The van der Waals surface area contributed by atoms with Gasteiger partial charge in [0.2, 0.25) is 6.20 Å². The fourth-order valence-corrected chi connectivity index (χ4v) is 1.27. The van der Waals surface area contributed by atoms with Gasteiger partial charge in [0.15, 0.2) is 0 Å². The Morgan fingerprint density at radius 2 is 2.07 bits per heavy atom. The molecule has 0 amide bonds. The molecule has 1 aromatic rings. The molecule has 1 aromatic carbocycles. The first-order valence-electron chi connectivity index (χ1n) is 4.54. The van der Waals surface area contributed by atoms with Gasteiger partial charge in [-0.3, -0.25) is 10.1 Å². The summed E-state index contributed by atoms with van der Waals surface area (Å²) in [6.45, 7) is 1.97. The van der Waals surface area contributed by atoms with Crippen LogP contribution in [0.3, 0.4) is 0 Å². The van der Waals surface area contributed by atoms with Gasteiger partial charge in [-0.25, -0.2) is 0 Å². The number of hydrogen-bond donors (Lipinski definition) is 0. The first-order valence-corrected chi connectivity index (χ1v) is 4.54. The molecule has 3 heteroatoms. The highest BCUT2D eigenvalue weighted by Gasteiger charge is 2.00. The minimum atomic E-state index is -0.429. The SMILES string of the molecule is CC(/C=C/[N+](=O)[O-])Cc1ccccc1. The van der Waals surface area contributed by atoms with Crippen LogP contribution in [0.1, 0.15) is 12.5 Å². The molecule has 1 atom stereocenters. The molecule has 3 nitrogen and oxygen atoms in total. The van der Waals surface area contributed by atoms with E-state index in [0.29, 0.717) is 0 Å². The van der Waals surface area contributed by atoms with Crippen molar-refractivity contribution in [1.29, 1.82) is 0 Å². The Bertz CT molecular complexity index is 319. The van der Waals surface area contributed by atoms with Crippen LogP contribution in [0, 0.1) is 16.0 Å². The van der Waals surface area contributed by atoms with Gasteiger partial charge in [-0.1, -0.05) is 37.3 Å². The predicted octanol–water partition coefficient (Wildman–Crippen LogP) is 2.66. The third-order valence-corrected chi connectivity index (χ3v) is 1.94. The third-order valence-electron chi connectivity index (χ3n) is 1.94. The summed E-state index contributed by atoms with van der Waals surface area (Å²) in [6, 6.07) is 9.95. The van der Waals surface area contributed by atoms with Crippen LogP contribution in [0.25, 0.3) is 0 Å². The predicted molar refractivity (Wildman–Crippen MR) is 55.4 cm³/mol. The van der Waals surface area contributed by atoms with E-state index >= 15 is 0 Å². The smallest absolute Gasteiger partial charge is 0.230 e. The van der Waals surface area contributed by atoms with Crippen LogP contribution in [0.4, 0.5) is 0 Å². The van der Waals surface area contributed by atoms with E-state index in [1.54, 1.807) is 6.08 Å². The van der Waals surface area contributed by atoms with Crippen molar-refractivity contribution in [1.82, 2.24) is 0 Å². The lowest BCUT2D eigenvalue weighted by atomic mass is 10.0. The molecule has 0 bridgehead atoms. The maximum absolute atomic E-state index is 10.1. The zero-order chi connectivity index (χ0) is 10.4. The van der Waals surface area contributed by atoms with Crippen molar-refractivity contribution in [2.75, 3.05) is 0 Å². The van der Waals surface area contributed by atoms with Gasteiger partial charge in [0.25, 0.3) is 0 Å². The normalized spacial score (nSPS) is 12.9. The molecule has 0 saturated heterocycles. The molecular formula is C11H13NO2. The highest BCUT2D eigenvalue weighted by molar-refractivity contribution is 5.15. The highest BCUT2D eigenvalue weighted by atomic mass is 16.6. The molecule has 0 aliphatic rings. The van der Waals surface area contributed by atoms with E-state index in [2.05, 4.69) is 0 Å². The molecule has 14 heavy (non-hydrogen) atoms. The second-order valence-corrected chi connectivity index (χ2v) is 3.29. The monoisotopic (exact) mass is 191 g/mol. The number of benzene rings is 1. The minimum Gasteiger partial charge on any atom is -0.259 e. The van der Waals surface area contributed by atoms with Crippen LogP contribution in [0.15, 0.2) is 42.6 Å². The van der Waals surface area contributed by atoms with Crippen LogP contribution in [0.5, 0.6) is 0 Å². The van der Waals surface area contributed by atoms with Crippen LogP contribution in [0.2, 0.25) is 0 Å². The van der Waals surface area contributed by atoms with Crippen molar-refractivity contribution in [3.8, 4) is 0 Å². The molecular weight excluding hydrogens is 178 g/mol. The molecule has 0 heterocycles. The fraction of sp³-hybridized carbons (Fsp3) is 0.273. The number of allylic oxidation sites excluding steroid dienone is 1.